The third-order valence-corrected chi connectivity index (χ3v) is 3.07. The molecule has 0 saturated heterocycles. The molecule has 0 fully saturated rings. The Balaban J connectivity index is 2.00. The summed E-state index contributed by atoms with van der Waals surface area (Å²) >= 11 is 0. The second-order valence-corrected chi connectivity index (χ2v) is 4.61. The number of nitrogens with zero attached hydrogens (tertiary/aromatic N) is 3. The Morgan fingerprint density at radius 1 is 1.40 bits per heavy atom. The number of rotatable bonds is 5. The van der Waals surface area contributed by atoms with Crippen LogP contribution in [0.1, 0.15) is 30.5 Å². The maximum Gasteiger partial charge on any atom is 0.149 e. The van der Waals surface area contributed by atoms with Gasteiger partial charge >= 0.3 is 0 Å². The van der Waals surface area contributed by atoms with E-state index < -0.39 is 17.7 Å². The van der Waals surface area contributed by atoms with Crippen LogP contribution in [0.2, 0.25) is 0 Å². The van der Waals surface area contributed by atoms with Crippen LogP contribution in [0.3, 0.4) is 0 Å². The van der Waals surface area contributed by atoms with Crippen LogP contribution in [-0.4, -0.2) is 26.4 Å². The second kappa shape index (κ2) is 6.06. The number of aryl methyl sites for hydroxylation is 1. The van der Waals surface area contributed by atoms with Crippen molar-refractivity contribution in [2.45, 2.75) is 19.1 Å². The van der Waals surface area contributed by atoms with E-state index in [0.29, 0.717) is 5.82 Å². The number of nitrogens with one attached hydrogen (secondary N) is 1. The van der Waals surface area contributed by atoms with Crippen molar-refractivity contribution < 1.29 is 13.9 Å². The van der Waals surface area contributed by atoms with Gasteiger partial charge in [0.05, 0.1) is 12.1 Å². The highest BCUT2D eigenvalue weighted by Crippen LogP contribution is 2.18. The molecule has 2 aromatic rings. The first-order valence-electron chi connectivity index (χ1n) is 6.19. The summed E-state index contributed by atoms with van der Waals surface area (Å²) in [5.41, 5.74) is -0.0670. The largest absolute Gasteiger partial charge is 0.387 e. The Morgan fingerprint density at radius 3 is 2.80 bits per heavy atom. The van der Waals surface area contributed by atoms with E-state index in [2.05, 4.69) is 15.5 Å². The van der Waals surface area contributed by atoms with Crippen molar-refractivity contribution in [3.8, 4) is 0 Å². The van der Waals surface area contributed by atoms with Crippen LogP contribution in [0.5, 0.6) is 0 Å². The number of hydrogen-bond acceptors (Lipinski definition) is 4. The topological polar surface area (TPSA) is 63.0 Å². The molecule has 0 aliphatic heterocycles. The molecule has 7 heteroatoms. The lowest BCUT2D eigenvalue weighted by atomic mass is 10.1. The highest BCUT2D eigenvalue weighted by atomic mass is 19.1. The average molecular weight is 282 g/mol. The number of aromatic nitrogens is 3. The Labute approximate surface area is 115 Å². The van der Waals surface area contributed by atoms with E-state index in [1.807, 2.05) is 6.92 Å². The van der Waals surface area contributed by atoms with Crippen molar-refractivity contribution in [1.29, 1.82) is 0 Å². The van der Waals surface area contributed by atoms with Crippen LogP contribution in [-0.2, 0) is 7.05 Å². The van der Waals surface area contributed by atoms with Crippen LogP contribution >= 0.6 is 0 Å². The fraction of sp³-hybridized carbons (Fsp3) is 0.385. The van der Waals surface area contributed by atoms with Gasteiger partial charge in [0.2, 0.25) is 0 Å². The third kappa shape index (κ3) is 3.17. The molecular weight excluding hydrogens is 266 g/mol. The van der Waals surface area contributed by atoms with Crippen LogP contribution in [0.25, 0.3) is 0 Å². The van der Waals surface area contributed by atoms with Gasteiger partial charge in [0.15, 0.2) is 0 Å². The summed E-state index contributed by atoms with van der Waals surface area (Å²) in [7, 11) is 1.80. The van der Waals surface area contributed by atoms with E-state index in [-0.39, 0.29) is 18.2 Å². The lowest BCUT2D eigenvalue weighted by molar-refractivity contribution is 0.165. The summed E-state index contributed by atoms with van der Waals surface area (Å²) in [4.78, 5) is 0. The Hall–Kier alpha value is -1.86. The van der Waals surface area contributed by atoms with E-state index >= 15 is 0 Å². The SMILES string of the molecule is CC(NCC(O)c1cc(F)ccc1F)c1nncn1C. The average Bonchev–Trinajstić information content (AvgIpc) is 2.84. The van der Waals surface area contributed by atoms with Gasteiger partial charge in [0.25, 0.3) is 0 Å². The molecule has 1 heterocycles. The van der Waals surface area contributed by atoms with Crippen molar-refractivity contribution >= 4 is 0 Å². The van der Waals surface area contributed by atoms with Gasteiger partial charge < -0.3 is 15.0 Å². The van der Waals surface area contributed by atoms with E-state index in [9.17, 15) is 13.9 Å². The lowest BCUT2D eigenvalue weighted by Gasteiger charge is -2.17. The molecule has 20 heavy (non-hydrogen) atoms. The smallest absolute Gasteiger partial charge is 0.149 e. The minimum absolute atomic E-state index is 0.0670. The fourth-order valence-corrected chi connectivity index (χ4v) is 1.94. The van der Waals surface area contributed by atoms with Crippen molar-refractivity contribution in [3.05, 3.63) is 47.5 Å². The molecule has 2 rings (SSSR count). The minimum atomic E-state index is -1.14. The maximum absolute atomic E-state index is 13.5. The molecule has 0 aliphatic rings. The quantitative estimate of drug-likeness (QED) is 0.872. The Kier molecular flexibility index (Phi) is 4.41. The van der Waals surface area contributed by atoms with Gasteiger partial charge in [-0.1, -0.05) is 0 Å². The van der Waals surface area contributed by atoms with Crippen molar-refractivity contribution in [2.75, 3.05) is 6.54 Å². The highest BCUT2D eigenvalue weighted by Gasteiger charge is 2.17. The van der Waals surface area contributed by atoms with Crippen LogP contribution in [0, 0.1) is 11.6 Å². The van der Waals surface area contributed by atoms with E-state index in [4.69, 9.17) is 0 Å². The normalized spacial score (nSPS) is 14.2. The molecule has 0 radical (unpaired) electrons. The summed E-state index contributed by atoms with van der Waals surface area (Å²) in [6.45, 7) is 1.92. The second-order valence-electron chi connectivity index (χ2n) is 4.61. The summed E-state index contributed by atoms with van der Waals surface area (Å²) in [6, 6.07) is 2.84. The first-order chi connectivity index (χ1) is 9.49. The van der Waals surface area contributed by atoms with Crippen molar-refractivity contribution in [3.63, 3.8) is 0 Å². The van der Waals surface area contributed by atoms with Gasteiger partial charge in [-0.25, -0.2) is 8.78 Å². The van der Waals surface area contributed by atoms with Crippen LogP contribution < -0.4 is 5.32 Å². The highest BCUT2D eigenvalue weighted by molar-refractivity contribution is 5.21. The van der Waals surface area contributed by atoms with E-state index in [1.165, 1.54) is 0 Å². The zero-order chi connectivity index (χ0) is 14.7. The summed E-state index contributed by atoms with van der Waals surface area (Å²) in [6.07, 6.45) is 0.428. The zero-order valence-electron chi connectivity index (χ0n) is 11.2. The first-order valence-corrected chi connectivity index (χ1v) is 6.19. The standard InChI is InChI=1S/C13H16F2N4O/c1-8(13-18-17-7-19(13)2)16-6-12(20)10-5-9(14)3-4-11(10)15/h3-5,7-8,12,16,20H,6H2,1-2H3. The predicted molar refractivity (Wildman–Crippen MR) is 68.7 cm³/mol. The van der Waals surface area contributed by atoms with E-state index in [0.717, 1.165) is 18.2 Å². The summed E-state index contributed by atoms with van der Waals surface area (Å²) < 4.78 is 28.3. The molecule has 0 bridgehead atoms. The number of aliphatic hydroxyl groups excluding tert-OH is 1. The number of aliphatic hydroxyl groups is 1. The number of benzene rings is 1. The Morgan fingerprint density at radius 2 is 2.15 bits per heavy atom. The third-order valence-electron chi connectivity index (χ3n) is 3.07. The molecule has 0 spiro atoms. The summed E-state index contributed by atoms with van der Waals surface area (Å²) in [5, 5.41) is 20.6. The molecule has 5 nitrogen and oxygen atoms in total. The van der Waals surface area contributed by atoms with Crippen molar-refractivity contribution in [1.82, 2.24) is 20.1 Å². The molecule has 2 atom stereocenters. The molecule has 108 valence electrons. The zero-order valence-corrected chi connectivity index (χ0v) is 11.2. The predicted octanol–water partition coefficient (Wildman–Crippen LogP) is 1.48. The van der Waals surface area contributed by atoms with Gasteiger partial charge in [-0.2, -0.15) is 0 Å². The summed E-state index contributed by atoms with van der Waals surface area (Å²) in [5.74, 6) is -0.522. The molecule has 2 unspecified atom stereocenters. The lowest BCUT2D eigenvalue weighted by Crippen LogP contribution is -2.27. The Bertz CT molecular complexity index is 588. The van der Waals surface area contributed by atoms with E-state index in [1.54, 1.807) is 17.9 Å². The van der Waals surface area contributed by atoms with Crippen molar-refractivity contribution in [2.24, 2.45) is 7.05 Å². The molecular formula is C13H16F2N4O. The maximum atomic E-state index is 13.5. The minimum Gasteiger partial charge on any atom is -0.387 e. The van der Waals surface area contributed by atoms with Crippen LogP contribution in [0.4, 0.5) is 8.78 Å². The first kappa shape index (κ1) is 14.5. The van der Waals surface area contributed by atoms with Gasteiger partial charge in [0, 0.05) is 19.2 Å². The van der Waals surface area contributed by atoms with Crippen LogP contribution in [0.15, 0.2) is 24.5 Å². The van der Waals surface area contributed by atoms with Gasteiger partial charge in [-0.3, -0.25) is 0 Å². The molecule has 0 amide bonds. The number of halogens is 2. The molecule has 2 N–H and O–H groups in total. The molecule has 1 aromatic heterocycles. The number of hydrogen-bond donors (Lipinski definition) is 2. The van der Waals surface area contributed by atoms with Gasteiger partial charge in [0.1, 0.15) is 23.8 Å². The van der Waals surface area contributed by atoms with Gasteiger partial charge in [-0.05, 0) is 25.1 Å². The monoisotopic (exact) mass is 282 g/mol. The fourth-order valence-electron chi connectivity index (χ4n) is 1.94. The molecule has 0 aliphatic carbocycles. The van der Waals surface area contributed by atoms with Gasteiger partial charge in [-0.15, -0.1) is 10.2 Å². The molecule has 0 saturated carbocycles. The molecule has 1 aromatic carbocycles.